The molecule has 0 spiro atoms. The van der Waals surface area contributed by atoms with Crippen molar-refractivity contribution >= 4 is 28.8 Å². The first-order valence-electron chi connectivity index (χ1n) is 12.1. The number of ether oxygens (including phenoxy) is 1. The summed E-state index contributed by atoms with van der Waals surface area (Å²) in [6.07, 6.45) is 3.12. The van der Waals surface area contributed by atoms with Crippen molar-refractivity contribution in [1.82, 2.24) is 24.5 Å². The Bertz CT molecular complexity index is 1340. The van der Waals surface area contributed by atoms with Crippen molar-refractivity contribution in [1.29, 1.82) is 0 Å². The highest BCUT2D eigenvalue weighted by Gasteiger charge is 2.39. The second-order valence-electron chi connectivity index (χ2n) is 9.41. The molecule has 35 heavy (non-hydrogen) atoms. The van der Waals surface area contributed by atoms with Gasteiger partial charge in [-0.25, -0.2) is 9.99 Å². The number of carbonyl (C=O) groups is 3. The zero-order valence-corrected chi connectivity index (χ0v) is 19.7. The van der Waals surface area contributed by atoms with Crippen LogP contribution in [0, 0.1) is 0 Å². The number of morpholine rings is 1. The van der Waals surface area contributed by atoms with Gasteiger partial charge in [0.05, 0.1) is 25.5 Å². The summed E-state index contributed by atoms with van der Waals surface area (Å²) in [6.45, 7) is 4.30. The Morgan fingerprint density at radius 2 is 1.77 bits per heavy atom. The van der Waals surface area contributed by atoms with Gasteiger partial charge in [0.15, 0.2) is 0 Å². The summed E-state index contributed by atoms with van der Waals surface area (Å²) in [4.78, 5) is 45.2. The molecular weight excluding hydrogens is 446 g/mol. The van der Waals surface area contributed by atoms with E-state index in [2.05, 4.69) is 17.0 Å². The number of amides is 3. The van der Waals surface area contributed by atoms with Crippen molar-refractivity contribution in [3.8, 4) is 11.3 Å². The molecule has 180 valence electrons. The third kappa shape index (κ3) is 3.81. The lowest BCUT2D eigenvalue weighted by Gasteiger charge is -2.32. The molecule has 5 heterocycles. The van der Waals surface area contributed by atoms with Gasteiger partial charge < -0.3 is 9.30 Å². The molecule has 3 aliphatic heterocycles. The molecule has 3 aromatic rings. The number of benzene rings is 1. The molecule has 0 unspecified atom stereocenters. The van der Waals surface area contributed by atoms with Gasteiger partial charge in [-0.1, -0.05) is 6.07 Å². The molecule has 1 aromatic carbocycles. The number of piperidine rings is 1. The van der Waals surface area contributed by atoms with E-state index in [0.717, 1.165) is 65.7 Å². The van der Waals surface area contributed by atoms with Crippen LogP contribution < -0.4 is 0 Å². The molecule has 2 fully saturated rings. The number of nitrogens with zero attached hydrogens (tertiary/aromatic N) is 5. The molecule has 0 atom stereocenters. The van der Waals surface area contributed by atoms with E-state index in [-0.39, 0.29) is 37.1 Å². The van der Waals surface area contributed by atoms with Gasteiger partial charge in [-0.3, -0.25) is 19.3 Å². The van der Waals surface area contributed by atoms with E-state index < -0.39 is 0 Å². The first-order chi connectivity index (χ1) is 17.0. The minimum atomic E-state index is -0.314. The molecule has 2 saturated heterocycles. The molecule has 9 heteroatoms. The zero-order valence-electron chi connectivity index (χ0n) is 19.7. The predicted molar refractivity (Wildman–Crippen MR) is 128 cm³/mol. The number of carbonyl (C=O) groups excluding carboxylic acids is 3. The monoisotopic (exact) mass is 473 g/mol. The number of rotatable bonds is 4. The highest BCUT2D eigenvalue weighted by molar-refractivity contribution is 6.04. The Morgan fingerprint density at radius 1 is 1.00 bits per heavy atom. The van der Waals surface area contributed by atoms with Gasteiger partial charge in [0, 0.05) is 62.2 Å². The lowest BCUT2D eigenvalue weighted by atomic mass is 10.0. The molecule has 0 aliphatic carbocycles. The summed E-state index contributed by atoms with van der Waals surface area (Å²) in [7, 11) is 1.99. The molecule has 0 bridgehead atoms. The van der Waals surface area contributed by atoms with Crippen LogP contribution in [0.25, 0.3) is 22.3 Å². The van der Waals surface area contributed by atoms with E-state index in [4.69, 9.17) is 9.72 Å². The van der Waals surface area contributed by atoms with Crippen LogP contribution in [0.3, 0.4) is 0 Å². The van der Waals surface area contributed by atoms with E-state index >= 15 is 0 Å². The number of fused-ring (bicyclic) bond motifs is 2. The molecule has 9 nitrogen and oxygen atoms in total. The van der Waals surface area contributed by atoms with Crippen LogP contribution >= 0.6 is 0 Å². The number of aryl methyl sites for hydroxylation is 1. The van der Waals surface area contributed by atoms with E-state index in [1.165, 1.54) is 10.6 Å². The summed E-state index contributed by atoms with van der Waals surface area (Å²) < 4.78 is 7.53. The van der Waals surface area contributed by atoms with Crippen molar-refractivity contribution in [3.05, 3.63) is 53.2 Å². The van der Waals surface area contributed by atoms with Gasteiger partial charge in [-0.2, -0.15) is 5.01 Å². The number of hydrogen-bond acceptors (Lipinski definition) is 6. The summed E-state index contributed by atoms with van der Waals surface area (Å²) >= 11 is 0. The van der Waals surface area contributed by atoms with Gasteiger partial charge in [-0.15, -0.1) is 0 Å². The van der Waals surface area contributed by atoms with Crippen LogP contribution in [0.5, 0.6) is 0 Å². The standard InChI is InChI=1S/C26H27N5O4/c1-28-8-7-20-19(15-29-9-11-35-12-10-29)14-22(27-25(20)28)17-5-6-21-18(13-17)16-30(26(21)34)31-23(32)3-2-4-24(31)33/h5-8,13-14H,2-4,9-12,15-16H2,1H3. The van der Waals surface area contributed by atoms with Crippen LogP contribution in [-0.2, 0) is 34.5 Å². The van der Waals surface area contributed by atoms with E-state index in [0.29, 0.717) is 12.0 Å². The summed E-state index contributed by atoms with van der Waals surface area (Å²) in [6, 6.07) is 9.88. The molecule has 3 aliphatic rings. The quantitative estimate of drug-likeness (QED) is 0.541. The molecule has 6 rings (SSSR count). The van der Waals surface area contributed by atoms with Crippen LogP contribution in [0.15, 0.2) is 36.5 Å². The van der Waals surface area contributed by atoms with Crippen LogP contribution in [0.2, 0.25) is 0 Å². The number of imide groups is 1. The minimum Gasteiger partial charge on any atom is -0.379 e. The summed E-state index contributed by atoms with van der Waals surface area (Å²) in [5, 5.41) is 3.46. The van der Waals surface area contributed by atoms with Gasteiger partial charge in [-0.05, 0) is 41.8 Å². The normalized spacial score (nSPS) is 19.2. The Balaban J connectivity index is 1.35. The minimum absolute atomic E-state index is 0.201. The maximum Gasteiger partial charge on any atom is 0.273 e. The van der Waals surface area contributed by atoms with Gasteiger partial charge in [0.1, 0.15) is 5.65 Å². The number of pyridine rings is 1. The van der Waals surface area contributed by atoms with E-state index in [1.807, 2.05) is 29.9 Å². The van der Waals surface area contributed by atoms with E-state index in [1.54, 1.807) is 6.07 Å². The van der Waals surface area contributed by atoms with Crippen LogP contribution in [-0.4, -0.2) is 68.5 Å². The smallest absolute Gasteiger partial charge is 0.273 e. The van der Waals surface area contributed by atoms with Crippen molar-refractivity contribution in [2.24, 2.45) is 7.05 Å². The van der Waals surface area contributed by atoms with Crippen LogP contribution in [0.1, 0.15) is 40.7 Å². The van der Waals surface area contributed by atoms with Crippen molar-refractivity contribution in [2.75, 3.05) is 26.3 Å². The number of hydrogen-bond donors (Lipinski definition) is 0. The number of aromatic nitrogens is 2. The Morgan fingerprint density at radius 3 is 2.54 bits per heavy atom. The fraction of sp³-hybridized carbons (Fsp3) is 0.385. The Kier molecular flexibility index (Phi) is 5.38. The fourth-order valence-electron chi connectivity index (χ4n) is 5.22. The lowest BCUT2D eigenvalue weighted by Crippen LogP contribution is -2.51. The highest BCUT2D eigenvalue weighted by Crippen LogP contribution is 2.32. The van der Waals surface area contributed by atoms with Crippen LogP contribution in [0.4, 0.5) is 0 Å². The molecule has 0 radical (unpaired) electrons. The van der Waals surface area contributed by atoms with Crippen molar-refractivity contribution in [2.45, 2.75) is 32.4 Å². The second-order valence-corrected chi connectivity index (χ2v) is 9.41. The molecular formula is C26H27N5O4. The van der Waals surface area contributed by atoms with Crippen molar-refractivity contribution < 1.29 is 19.1 Å². The predicted octanol–water partition coefficient (Wildman–Crippen LogP) is 2.48. The molecule has 3 amide bonds. The first kappa shape index (κ1) is 21.9. The van der Waals surface area contributed by atoms with E-state index in [9.17, 15) is 14.4 Å². The zero-order chi connectivity index (χ0) is 24.1. The Hall–Kier alpha value is -3.56. The summed E-state index contributed by atoms with van der Waals surface area (Å²) in [5.41, 5.74) is 5.17. The SMILES string of the molecule is Cn1ccc2c(CN3CCOCC3)cc(-c3ccc4c(c3)CN(N3C(=O)CCCC3=O)C4=O)nc21. The average molecular weight is 474 g/mol. The third-order valence-corrected chi connectivity index (χ3v) is 7.10. The third-order valence-electron chi connectivity index (χ3n) is 7.10. The maximum absolute atomic E-state index is 13.0. The first-order valence-corrected chi connectivity index (χ1v) is 12.1. The maximum atomic E-state index is 13.0. The highest BCUT2D eigenvalue weighted by atomic mass is 16.5. The molecule has 0 saturated carbocycles. The molecule has 2 aromatic heterocycles. The Labute approximate surface area is 202 Å². The topological polar surface area (TPSA) is 88.0 Å². The fourth-order valence-corrected chi connectivity index (χ4v) is 5.22. The van der Waals surface area contributed by atoms with Gasteiger partial charge >= 0.3 is 0 Å². The van der Waals surface area contributed by atoms with Gasteiger partial charge in [0.25, 0.3) is 5.91 Å². The average Bonchev–Trinajstić information content (AvgIpc) is 3.39. The lowest BCUT2D eigenvalue weighted by molar-refractivity contribution is -0.163. The number of hydrazine groups is 1. The summed E-state index contributed by atoms with van der Waals surface area (Å²) in [5.74, 6) is -0.938. The second kappa shape index (κ2) is 8.58. The van der Waals surface area contributed by atoms with Crippen molar-refractivity contribution in [3.63, 3.8) is 0 Å². The molecule has 0 N–H and O–H groups in total. The largest absolute Gasteiger partial charge is 0.379 e. The van der Waals surface area contributed by atoms with Gasteiger partial charge in [0.2, 0.25) is 11.8 Å².